The molecule has 1 rings (SSSR count). The van der Waals surface area contributed by atoms with Crippen LogP contribution in [0.4, 0.5) is 0 Å². The van der Waals surface area contributed by atoms with Gasteiger partial charge in [0, 0.05) is 30.3 Å². The lowest BCUT2D eigenvalue weighted by Crippen LogP contribution is -2.31. The highest BCUT2D eigenvalue weighted by molar-refractivity contribution is 5.51. The van der Waals surface area contributed by atoms with Crippen molar-refractivity contribution in [1.29, 1.82) is 0 Å². The number of ether oxygens (including phenoxy) is 3. The van der Waals surface area contributed by atoms with Crippen LogP contribution in [0.2, 0.25) is 0 Å². The van der Waals surface area contributed by atoms with Crippen LogP contribution >= 0.6 is 0 Å². The van der Waals surface area contributed by atoms with E-state index in [2.05, 4.69) is 19.2 Å². The fourth-order valence-electron chi connectivity index (χ4n) is 1.82. The first kappa shape index (κ1) is 15.6. The van der Waals surface area contributed by atoms with Gasteiger partial charge in [0.15, 0.2) is 11.5 Å². The molecule has 0 saturated heterocycles. The Balaban J connectivity index is 3.03. The van der Waals surface area contributed by atoms with Crippen LogP contribution in [0.3, 0.4) is 0 Å². The molecule has 0 aliphatic heterocycles. The van der Waals surface area contributed by atoms with Gasteiger partial charge in [0.05, 0.1) is 21.3 Å². The molecule has 1 atom stereocenters. The Labute approximate surface area is 115 Å². The molecular formula is C14H24N2O3. The summed E-state index contributed by atoms with van der Waals surface area (Å²) in [5.41, 5.74) is 7.09. The van der Waals surface area contributed by atoms with E-state index in [0.717, 1.165) is 5.56 Å². The third-order valence-electron chi connectivity index (χ3n) is 2.88. The summed E-state index contributed by atoms with van der Waals surface area (Å²) in [7, 11) is 4.82. The molecule has 0 fully saturated rings. The van der Waals surface area contributed by atoms with E-state index in [9.17, 15) is 0 Å². The average molecular weight is 268 g/mol. The van der Waals surface area contributed by atoms with E-state index in [0.29, 0.717) is 29.8 Å². The van der Waals surface area contributed by atoms with E-state index in [1.54, 1.807) is 27.4 Å². The van der Waals surface area contributed by atoms with Gasteiger partial charge in [-0.1, -0.05) is 13.8 Å². The zero-order valence-electron chi connectivity index (χ0n) is 12.3. The average Bonchev–Trinajstić information content (AvgIpc) is 2.42. The molecule has 19 heavy (non-hydrogen) atoms. The molecule has 3 N–H and O–H groups in total. The maximum absolute atomic E-state index is 6.20. The minimum Gasteiger partial charge on any atom is -0.496 e. The van der Waals surface area contributed by atoms with Crippen molar-refractivity contribution < 1.29 is 14.2 Å². The van der Waals surface area contributed by atoms with Gasteiger partial charge in [-0.3, -0.25) is 0 Å². The van der Waals surface area contributed by atoms with Crippen molar-refractivity contribution in [1.82, 2.24) is 5.32 Å². The first-order chi connectivity index (χ1) is 9.03. The van der Waals surface area contributed by atoms with Gasteiger partial charge in [-0.15, -0.1) is 0 Å². The monoisotopic (exact) mass is 268 g/mol. The van der Waals surface area contributed by atoms with Gasteiger partial charge in [-0.25, -0.2) is 0 Å². The van der Waals surface area contributed by atoms with Crippen LogP contribution in [-0.2, 0) is 0 Å². The van der Waals surface area contributed by atoms with Crippen molar-refractivity contribution in [3.63, 3.8) is 0 Å². The maximum Gasteiger partial charge on any atom is 0.164 e. The van der Waals surface area contributed by atoms with E-state index in [1.807, 2.05) is 6.07 Å². The third-order valence-corrected chi connectivity index (χ3v) is 2.88. The number of nitrogens with one attached hydrogen (secondary N) is 1. The van der Waals surface area contributed by atoms with Crippen molar-refractivity contribution in [3.05, 3.63) is 17.7 Å². The second-order valence-electron chi connectivity index (χ2n) is 4.62. The lowest BCUT2D eigenvalue weighted by molar-refractivity contribution is 0.346. The zero-order chi connectivity index (χ0) is 14.4. The molecule has 0 spiro atoms. The number of hydrogen-bond acceptors (Lipinski definition) is 5. The Morgan fingerprint density at radius 1 is 1.00 bits per heavy atom. The summed E-state index contributed by atoms with van der Waals surface area (Å²) >= 11 is 0. The van der Waals surface area contributed by atoms with Crippen LogP contribution in [0.1, 0.15) is 25.5 Å². The van der Waals surface area contributed by atoms with E-state index in [1.165, 1.54) is 0 Å². The molecular weight excluding hydrogens is 244 g/mol. The van der Waals surface area contributed by atoms with Gasteiger partial charge in [0.25, 0.3) is 0 Å². The highest BCUT2D eigenvalue weighted by atomic mass is 16.5. The molecule has 5 heteroatoms. The van der Waals surface area contributed by atoms with Crippen LogP contribution in [0.5, 0.6) is 17.2 Å². The van der Waals surface area contributed by atoms with Crippen LogP contribution in [0, 0.1) is 0 Å². The second-order valence-corrected chi connectivity index (χ2v) is 4.62. The van der Waals surface area contributed by atoms with Crippen LogP contribution in [0.15, 0.2) is 12.1 Å². The predicted octanol–water partition coefficient (Wildman–Crippen LogP) is 1.71. The summed E-state index contributed by atoms with van der Waals surface area (Å²) in [6.45, 7) is 4.83. The van der Waals surface area contributed by atoms with E-state index < -0.39 is 0 Å². The number of hydrogen-bond donors (Lipinski definition) is 2. The van der Waals surface area contributed by atoms with Crippen molar-refractivity contribution >= 4 is 0 Å². The summed E-state index contributed by atoms with van der Waals surface area (Å²) in [5, 5.41) is 3.31. The van der Waals surface area contributed by atoms with Crippen molar-refractivity contribution in [2.75, 3.05) is 27.9 Å². The molecule has 0 aliphatic carbocycles. The first-order valence-corrected chi connectivity index (χ1v) is 6.32. The Morgan fingerprint density at radius 2 is 1.53 bits per heavy atom. The quantitative estimate of drug-likeness (QED) is 0.788. The van der Waals surface area contributed by atoms with Gasteiger partial charge in [0.1, 0.15) is 5.75 Å². The Hall–Kier alpha value is -1.46. The van der Waals surface area contributed by atoms with Crippen molar-refractivity contribution in [2.45, 2.75) is 25.9 Å². The molecule has 0 amide bonds. The van der Waals surface area contributed by atoms with Gasteiger partial charge in [-0.05, 0) is 6.07 Å². The summed E-state index contributed by atoms with van der Waals surface area (Å²) < 4.78 is 15.9. The molecule has 1 aromatic carbocycles. The molecule has 0 aromatic heterocycles. The van der Waals surface area contributed by atoms with Crippen LogP contribution in [0.25, 0.3) is 0 Å². The van der Waals surface area contributed by atoms with Crippen molar-refractivity contribution in [3.8, 4) is 17.2 Å². The minimum atomic E-state index is -0.169. The summed E-state index contributed by atoms with van der Waals surface area (Å²) in [6.07, 6.45) is 0. The molecule has 5 nitrogen and oxygen atoms in total. The number of methoxy groups -OCH3 is 3. The van der Waals surface area contributed by atoms with E-state index in [4.69, 9.17) is 19.9 Å². The van der Waals surface area contributed by atoms with E-state index >= 15 is 0 Å². The molecule has 0 heterocycles. The number of benzene rings is 1. The fourth-order valence-corrected chi connectivity index (χ4v) is 1.82. The minimum absolute atomic E-state index is 0.169. The molecule has 0 bridgehead atoms. The topological polar surface area (TPSA) is 65.7 Å². The van der Waals surface area contributed by atoms with Gasteiger partial charge >= 0.3 is 0 Å². The summed E-state index contributed by atoms with van der Waals surface area (Å²) in [4.78, 5) is 0. The lowest BCUT2D eigenvalue weighted by atomic mass is 10.0. The molecule has 0 radical (unpaired) electrons. The highest BCUT2D eigenvalue weighted by Gasteiger charge is 2.17. The molecule has 1 unspecified atom stereocenters. The summed E-state index contributed by atoms with van der Waals surface area (Å²) in [5.74, 6) is 1.99. The first-order valence-electron chi connectivity index (χ1n) is 6.32. The molecule has 108 valence electrons. The number of rotatable bonds is 7. The highest BCUT2D eigenvalue weighted by Crippen LogP contribution is 2.36. The predicted molar refractivity (Wildman–Crippen MR) is 76.2 cm³/mol. The Bertz CT molecular complexity index is 408. The lowest BCUT2D eigenvalue weighted by Gasteiger charge is -2.20. The smallest absolute Gasteiger partial charge is 0.164 e. The fraction of sp³-hybridized carbons (Fsp3) is 0.571. The Morgan fingerprint density at radius 3 is 2.00 bits per heavy atom. The van der Waals surface area contributed by atoms with Crippen molar-refractivity contribution in [2.24, 2.45) is 5.73 Å². The van der Waals surface area contributed by atoms with Gasteiger partial charge in [-0.2, -0.15) is 0 Å². The zero-order valence-corrected chi connectivity index (χ0v) is 12.3. The second kappa shape index (κ2) is 7.21. The standard InChI is InChI=1S/C14H24N2O3/c1-9(2)16-8-11(15)10-6-13(18-4)14(19-5)7-12(10)17-3/h6-7,9,11,16H,8,15H2,1-5H3. The SMILES string of the molecule is COc1cc(OC)c(C(N)CNC(C)C)cc1OC. The third kappa shape index (κ3) is 4.01. The van der Waals surface area contributed by atoms with Crippen LogP contribution in [-0.4, -0.2) is 33.9 Å². The normalized spacial score (nSPS) is 12.4. The number of nitrogens with two attached hydrogens (primary N) is 1. The van der Waals surface area contributed by atoms with Gasteiger partial charge < -0.3 is 25.3 Å². The maximum atomic E-state index is 6.20. The Kier molecular flexibility index (Phi) is 5.92. The van der Waals surface area contributed by atoms with Crippen LogP contribution < -0.4 is 25.3 Å². The largest absolute Gasteiger partial charge is 0.496 e. The summed E-state index contributed by atoms with van der Waals surface area (Å²) in [6, 6.07) is 3.88. The molecule has 0 aliphatic rings. The molecule has 0 saturated carbocycles. The van der Waals surface area contributed by atoms with E-state index in [-0.39, 0.29) is 6.04 Å². The molecule has 1 aromatic rings. The van der Waals surface area contributed by atoms with Gasteiger partial charge in [0.2, 0.25) is 0 Å².